The molecule has 0 aliphatic rings. The number of anilines is 1. The number of fused-ring (bicyclic) bond motifs is 1. The molecule has 1 aromatic heterocycles. The molecule has 0 radical (unpaired) electrons. The fraction of sp³-hybridized carbons (Fsp3) is 0.227. The van der Waals surface area contributed by atoms with E-state index in [0.717, 1.165) is 21.0 Å². The molecule has 0 fully saturated rings. The average molecular weight is 423 g/mol. The summed E-state index contributed by atoms with van der Waals surface area (Å²) < 4.78 is 0. The number of hydrogen-bond donors (Lipinski definition) is 4. The van der Waals surface area contributed by atoms with Gasteiger partial charge in [0.05, 0.1) is 23.8 Å². The number of H-pyrrole nitrogens is 1. The van der Waals surface area contributed by atoms with Gasteiger partial charge >= 0.3 is 0 Å². The maximum atomic E-state index is 12.5. The van der Waals surface area contributed by atoms with Crippen LogP contribution < -0.4 is 10.2 Å². The SMILES string of the molecule is CSc1ccccc1NC(=O)C[NH+](C)[C@@H](C)/C(O)=C(\C#N)c1nc2ccccc2[nH]1. The van der Waals surface area contributed by atoms with Gasteiger partial charge in [-0.1, -0.05) is 24.3 Å². The topological polar surface area (TPSA) is 106 Å². The Kier molecular flexibility index (Phi) is 6.77. The lowest BCUT2D eigenvalue weighted by Crippen LogP contribution is -3.13. The number of thioether (sulfide) groups is 1. The number of nitriles is 1. The second-order valence-electron chi connectivity index (χ2n) is 6.97. The zero-order valence-electron chi connectivity index (χ0n) is 17.1. The Morgan fingerprint density at radius 3 is 2.70 bits per heavy atom. The van der Waals surface area contributed by atoms with Gasteiger partial charge in [0, 0.05) is 4.90 Å². The van der Waals surface area contributed by atoms with Gasteiger partial charge in [-0.25, -0.2) is 4.98 Å². The summed E-state index contributed by atoms with van der Waals surface area (Å²) in [5.41, 5.74) is 2.34. The minimum atomic E-state index is -0.477. The van der Waals surface area contributed by atoms with Crippen LogP contribution in [0.1, 0.15) is 12.7 Å². The molecule has 8 heteroatoms. The van der Waals surface area contributed by atoms with Crippen LogP contribution in [0.3, 0.4) is 0 Å². The summed E-state index contributed by atoms with van der Waals surface area (Å²) in [5, 5.41) is 23.3. The molecule has 0 saturated carbocycles. The molecule has 2 aromatic carbocycles. The van der Waals surface area contributed by atoms with Crippen LogP contribution in [0.15, 0.2) is 59.2 Å². The minimum absolute atomic E-state index is 0.0752. The number of likely N-dealkylation sites (N-methyl/N-ethyl adjacent to an activating group) is 1. The number of aromatic amines is 1. The third kappa shape index (κ3) is 4.64. The van der Waals surface area contributed by atoms with Gasteiger partial charge in [0.25, 0.3) is 5.91 Å². The number of imidazole rings is 1. The lowest BCUT2D eigenvalue weighted by Gasteiger charge is -2.21. The standard InChI is InChI=1S/C22H23N5O2S/c1-14(27(2)13-20(28)24-18-10-6-7-11-19(18)30-3)21(29)15(12-23)22-25-16-8-4-5-9-17(16)26-22/h4-11,14,29H,13H2,1-3H3,(H,24,28)(H,25,26)/p+1/b21-15-/t14-/m0/s1. The minimum Gasteiger partial charge on any atom is -0.505 e. The molecule has 1 heterocycles. The Hall–Kier alpha value is -3.28. The Morgan fingerprint density at radius 1 is 1.30 bits per heavy atom. The van der Waals surface area contributed by atoms with Crippen molar-refractivity contribution >= 4 is 40.0 Å². The fourth-order valence-corrected chi connectivity index (χ4v) is 3.65. The lowest BCUT2D eigenvalue weighted by atomic mass is 10.1. The van der Waals surface area contributed by atoms with Crippen LogP contribution in [0.25, 0.3) is 16.6 Å². The summed E-state index contributed by atoms with van der Waals surface area (Å²) in [6.45, 7) is 1.90. The number of quaternary nitrogens is 1. The van der Waals surface area contributed by atoms with E-state index in [1.54, 1.807) is 25.7 Å². The quantitative estimate of drug-likeness (QED) is 0.266. The number of amides is 1. The summed E-state index contributed by atoms with van der Waals surface area (Å²) in [5.74, 6) is 0.0384. The zero-order chi connectivity index (χ0) is 21.7. The highest BCUT2D eigenvalue weighted by atomic mass is 32.2. The van der Waals surface area contributed by atoms with E-state index in [9.17, 15) is 15.2 Å². The molecule has 1 unspecified atom stereocenters. The Bertz CT molecular complexity index is 1100. The average Bonchev–Trinajstić information content (AvgIpc) is 3.17. The summed E-state index contributed by atoms with van der Waals surface area (Å²) in [4.78, 5) is 21.7. The van der Waals surface area contributed by atoms with Gasteiger partial charge in [-0.05, 0) is 37.4 Å². The van der Waals surface area contributed by atoms with E-state index in [0.29, 0.717) is 11.3 Å². The lowest BCUT2D eigenvalue weighted by molar-refractivity contribution is -0.891. The first-order valence-corrected chi connectivity index (χ1v) is 10.7. The molecule has 0 aliphatic heterocycles. The summed E-state index contributed by atoms with van der Waals surface area (Å²) >= 11 is 1.56. The van der Waals surface area contributed by atoms with Crippen molar-refractivity contribution in [1.29, 1.82) is 5.26 Å². The highest BCUT2D eigenvalue weighted by Crippen LogP contribution is 2.24. The van der Waals surface area contributed by atoms with Crippen molar-refractivity contribution in [3.05, 3.63) is 60.1 Å². The van der Waals surface area contributed by atoms with Gasteiger partial charge in [0.15, 0.2) is 18.1 Å². The fourth-order valence-electron chi connectivity index (χ4n) is 3.10. The van der Waals surface area contributed by atoms with E-state index in [2.05, 4.69) is 15.3 Å². The van der Waals surface area contributed by atoms with Crippen molar-refractivity contribution in [2.24, 2.45) is 0 Å². The molecule has 0 spiro atoms. The highest BCUT2D eigenvalue weighted by Gasteiger charge is 2.25. The number of aliphatic hydroxyl groups is 1. The number of aromatic nitrogens is 2. The number of rotatable bonds is 7. The molecule has 7 nitrogen and oxygen atoms in total. The van der Waals surface area contributed by atoms with Crippen molar-refractivity contribution in [3.8, 4) is 6.07 Å². The van der Waals surface area contributed by atoms with Gasteiger partial charge in [-0.15, -0.1) is 11.8 Å². The molecular formula is C22H24N5O2S+. The van der Waals surface area contributed by atoms with Gasteiger partial charge in [0.2, 0.25) is 0 Å². The molecule has 30 heavy (non-hydrogen) atoms. The number of para-hydroxylation sites is 3. The van der Waals surface area contributed by atoms with Crippen LogP contribution in [0.5, 0.6) is 0 Å². The smallest absolute Gasteiger partial charge is 0.279 e. The highest BCUT2D eigenvalue weighted by molar-refractivity contribution is 7.98. The number of nitrogens with zero attached hydrogens (tertiary/aromatic N) is 2. The van der Waals surface area contributed by atoms with Crippen molar-refractivity contribution in [2.45, 2.75) is 17.9 Å². The number of nitrogens with one attached hydrogen (secondary N) is 3. The number of allylic oxidation sites excluding steroid dienone is 1. The molecule has 4 N–H and O–H groups in total. The Balaban J connectivity index is 1.75. The molecule has 1 amide bonds. The van der Waals surface area contributed by atoms with Crippen LogP contribution in [0.2, 0.25) is 0 Å². The first-order chi connectivity index (χ1) is 14.4. The number of carbonyl (C=O) groups is 1. The maximum absolute atomic E-state index is 12.5. The van der Waals surface area contributed by atoms with E-state index >= 15 is 0 Å². The van der Waals surface area contributed by atoms with Crippen LogP contribution >= 0.6 is 11.8 Å². The Morgan fingerprint density at radius 2 is 2.00 bits per heavy atom. The van der Waals surface area contributed by atoms with Crippen LogP contribution in [0.4, 0.5) is 5.69 Å². The molecule has 3 rings (SSSR count). The predicted molar refractivity (Wildman–Crippen MR) is 119 cm³/mol. The van der Waals surface area contributed by atoms with Crippen molar-refractivity contribution < 1.29 is 14.8 Å². The van der Waals surface area contributed by atoms with Gasteiger partial charge in [-0.2, -0.15) is 5.26 Å². The first-order valence-electron chi connectivity index (χ1n) is 9.48. The van der Waals surface area contributed by atoms with E-state index in [1.165, 1.54) is 0 Å². The van der Waals surface area contributed by atoms with Gasteiger partial charge in [0.1, 0.15) is 17.7 Å². The molecule has 0 bridgehead atoms. The van der Waals surface area contributed by atoms with E-state index in [1.807, 2.05) is 60.9 Å². The van der Waals surface area contributed by atoms with Crippen molar-refractivity contribution in [2.75, 3.05) is 25.2 Å². The first kappa shape index (κ1) is 21.4. The summed E-state index contributed by atoms with van der Waals surface area (Å²) in [6, 6.07) is 16.6. The molecule has 0 saturated heterocycles. The Labute approximate surface area is 179 Å². The molecular weight excluding hydrogens is 398 g/mol. The van der Waals surface area contributed by atoms with Gasteiger partial charge < -0.3 is 20.3 Å². The summed E-state index contributed by atoms with van der Waals surface area (Å²) in [6.07, 6.45) is 1.95. The molecule has 2 atom stereocenters. The molecule has 3 aromatic rings. The summed E-state index contributed by atoms with van der Waals surface area (Å²) in [7, 11) is 1.80. The van der Waals surface area contributed by atoms with E-state index in [4.69, 9.17) is 0 Å². The maximum Gasteiger partial charge on any atom is 0.279 e. The van der Waals surface area contributed by atoms with Crippen molar-refractivity contribution in [1.82, 2.24) is 9.97 Å². The number of aliphatic hydroxyl groups excluding tert-OH is 1. The normalized spacial score (nSPS) is 13.9. The van der Waals surface area contributed by atoms with Gasteiger partial charge in [-0.3, -0.25) is 4.79 Å². The second kappa shape index (κ2) is 9.48. The third-order valence-corrected chi connectivity index (χ3v) is 5.76. The number of hydrogen-bond acceptors (Lipinski definition) is 5. The van der Waals surface area contributed by atoms with Crippen LogP contribution in [0, 0.1) is 11.3 Å². The largest absolute Gasteiger partial charge is 0.505 e. The molecule has 154 valence electrons. The second-order valence-corrected chi connectivity index (χ2v) is 7.82. The third-order valence-electron chi connectivity index (χ3n) is 4.96. The molecule has 0 aliphatic carbocycles. The monoisotopic (exact) mass is 422 g/mol. The van der Waals surface area contributed by atoms with Crippen LogP contribution in [-0.2, 0) is 4.79 Å². The number of benzene rings is 2. The van der Waals surface area contributed by atoms with Crippen molar-refractivity contribution in [3.63, 3.8) is 0 Å². The van der Waals surface area contributed by atoms with E-state index in [-0.39, 0.29) is 23.8 Å². The zero-order valence-corrected chi connectivity index (χ0v) is 17.9. The van der Waals surface area contributed by atoms with Crippen LogP contribution in [-0.4, -0.2) is 46.9 Å². The predicted octanol–water partition coefficient (Wildman–Crippen LogP) is 2.62. The van der Waals surface area contributed by atoms with E-state index < -0.39 is 6.04 Å². The number of carbonyl (C=O) groups excluding carboxylic acids is 1.